The highest BCUT2D eigenvalue weighted by Crippen LogP contribution is 2.25. The van der Waals surface area contributed by atoms with Crippen LogP contribution < -0.4 is 5.32 Å². The molecule has 1 aromatic carbocycles. The highest BCUT2D eigenvalue weighted by Gasteiger charge is 2.20. The molecule has 2 aromatic rings. The second-order valence-corrected chi connectivity index (χ2v) is 5.94. The van der Waals surface area contributed by atoms with Crippen LogP contribution in [0.5, 0.6) is 0 Å². The molecule has 2 rings (SSSR count). The molecule has 0 aliphatic heterocycles. The smallest absolute Gasteiger partial charge is 0.227 e. The van der Waals surface area contributed by atoms with Crippen LogP contribution in [-0.2, 0) is 5.41 Å². The van der Waals surface area contributed by atoms with E-state index in [1.54, 1.807) is 12.1 Å². The molecule has 0 atom stereocenters. The van der Waals surface area contributed by atoms with Gasteiger partial charge in [0.25, 0.3) is 0 Å². The molecule has 0 saturated heterocycles. The summed E-state index contributed by atoms with van der Waals surface area (Å²) in [6.07, 6.45) is 2.32. The van der Waals surface area contributed by atoms with Crippen molar-refractivity contribution in [1.82, 2.24) is 9.97 Å². The van der Waals surface area contributed by atoms with Crippen molar-refractivity contribution in [2.24, 2.45) is 0 Å². The third kappa shape index (κ3) is 3.33. The predicted molar refractivity (Wildman–Crippen MR) is 80.9 cm³/mol. The van der Waals surface area contributed by atoms with E-state index in [-0.39, 0.29) is 5.41 Å². The van der Waals surface area contributed by atoms with Gasteiger partial charge in [-0.15, -0.1) is 0 Å². The van der Waals surface area contributed by atoms with E-state index in [4.69, 9.17) is 11.6 Å². The normalized spacial score (nSPS) is 11.2. The van der Waals surface area contributed by atoms with Gasteiger partial charge >= 0.3 is 0 Å². The van der Waals surface area contributed by atoms with Crippen LogP contribution in [-0.4, -0.2) is 16.3 Å². The molecule has 1 N–H and O–H groups in total. The SMILES string of the molecule is CC(C)(C)c1nc(Nc2cccc(Cl)c2)ncc1C=O. The number of carbonyl (C=O) groups is 1. The molecule has 1 heterocycles. The minimum Gasteiger partial charge on any atom is -0.324 e. The molecule has 0 radical (unpaired) electrons. The zero-order chi connectivity index (χ0) is 14.8. The number of hydrogen-bond acceptors (Lipinski definition) is 4. The number of aldehydes is 1. The average Bonchev–Trinajstić information content (AvgIpc) is 2.37. The second kappa shape index (κ2) is 5.59. The van der Waals surface area contributed by atoms with Crippen LogP contribution in [0.25, 0.3) is 0 Å². The molecule has 0 fully saturated rings. The van der Waals surface area contributed by atoms with E-state index in [1.165, 1.54) is 6.20 Å². The Bertz CT molecular complexity index is 635. The van der Waals surface area contributed by atoms with Crippen LogP contribution in [0, 0.1) is 0 Å². The molecule has 0 amide bonds. The lowest BCUT2D eigenvalue weighted by Gasteiger charge is -2.20. The van der Waals surface area contributed by atoms with E-state index in [1.807, 2.05) is 32.9 Å². The molecule has 4 nitrogen and oxygen atoms in total. The first-order valence-corrected chi connectivity index (χ1v) is 6.63. The summed E-state index contributed by atoms with van der Waals surface area (Å²) < 4.78 is 0. The molecule has 0 spiro atoms. The molecule has 5 heteroatoms. The minimum atomic E-state index is -0.232. The summed E-state index contributed by atoms with van der Waals surface area (Å²) in [7, 11) is 0. The van der Waals surface area contributed by atoms with Crippen molar-refractivity contribution in [3.05, 3.63) is 46.7 Å². The molecule has 0 saturated carbocycles. The Labute approximate surface area is 123 Å². The van der Waals surface area contributed by atoms with Gasteiger partial charge in [0, 0.05) is 22.3 Å². The molecule has 0 aliphatic carbocycles. The average molecular weight is 290 g/mol. The summed E-state index contributed by atoms with van der Waals surface area (Å²) in [5.41, 5.74) is 1.79. The molecular weight excluding hydrogens is 274 g/mol. The first-order chi connectivity index (χ1) is 9.40. The lowest BCUT2D eigenvalue weighted by Crippen LogP contribution is -2.18. The first kappa shape index (κ1) is 14.5. The summed E-state index contributed by atoms with van der Waals surface area (Å²) in [6, 6.07) is 7.30. The van der Waals surface area contributed by atoms with Gasteiger partial charge in [-0.05, 0) is 18.2 Å². The van der Waals surface area contributed by atoms with E-state index in [9.17, 15) is 4.79 Å². The van der Waals surface area contributed by atoms with E-state index >= 15 is 0 Å². The zero-order valence-corrected chi connectivity index (χ0v) is 12.4. The number of rotatable bonds is 3. The van der Waals surface area contributed by atoms with Crippen molar-refractivity contribution in [3.8, 4) is 0 Å². The van der Waals surface area contributed by atoms with Gasteiger partial charge in [0.05, 0.1) is 11.3 Å². The van der Waals surface area contributed by atoms with Gasteiger partial charge in [0.1, 0.15) is 0 Å². The Morgan fingerprint density at radius 1 is 1.30 bits per heavy atom. The first-order valence-electron chi connectivity index (χ1n) is 6.25. The van der Waals surface area contributed by atoms with Crippen molar-refractivity contribution >= 4 is 29.5 Å². The highest BCUT2D eigenvalue weighted by molar-refractivity contribution is 6.30. The maximum Gasteiger partial charge on any atom is 0.227 e. The monoisotopic (exact) mass is 289 g/mol. The minimum absolute atomic E-state index is 0.232. The van der Waals surface area contributed by atoms with Crippen molar-refractivity contribution in [3.63, 3.8) is 0 Å². The van der Waals surface area contributed by atoms with Crippen molar-refractivity contribution < 1.29 is 4.79 Å². The van der Waals surface area contributed by atoms with Gasteiger partial charge in [-0.1, -0.05) is 38.4 Å². The second-order valence-electron chi connectivity index (χ2n) is 5.50. The Morgan fingerprint density at radius 3 is 2.65 bits per heavy atom. The van der Waals surface area contributed by atoms with Gasteiger partial charge < -0.3 is 5.32 Å². The van der Waals surface area contributed by atoms with Gasteiger partial charge in [-0.2, -0.15) is 0 Å². The number of nitrogens with zero attached hydrogens (tertiary/aromatic N) is 2. The van der Waals surface area contributed by atoms with Crippen LogP contribution in [0.3, 0.4) is 0 Å². The summed E-state index contributed by atoms with van der Waals surface area (Å²) in [5.74, 6) is 0.447. The van der Waals surface area contributed by atoms with E-state index < -0.39 is 0 Å². The number of benzene rings is 1. The summed E-state index contributed by atoms with van der Waals surface area (Å²) in [4.78, 5) is 19.7. The molecule has 104 valence electrons. The molecule has 1 aromatic heterocycles. The fraction of sp³-hybridized carbons (Fsp3) is 0.267. The Balaban J connectivity index is 2.37. The van der Waals surface area contributed by atoms with Crippen molar-refractivity contribution in [2.45, 2.75) is 26.2 Å². The molecule has 0 bridgehead atoms. The van der Waals surface area contributed by atoms with Crippen LogP contribution in [0.2, 0.25) is 5.02 Å². The number of halogens is 1. The summed E-state index contributed by atoms with van der Waals surface area (Å²) >= 11 is 5.94. The topological polar surface area (TPSA) is 54.9 Å². The molecular formula is C15H16ClN3O. The Kier molecular flexibility index (Phi) is 4.04. The predicted octanol–water partition coefficient (Wildman–Crippen LogP) is 3.98. The largest absolute Gasteiger partial charge is 0.324 e. The third-order valence-corrected chi connectivity index (χ3v) is 2.97. The third-order valence-electron chi connectivity index (χ3n) is 2.74. The van der Waals surface area contributed by atoms with Gasteiger partial charge in [0.2, 0.25) is 5.95 Å². The molecule has 0 aliphatic rings. The molecule has 20 heavy (non-hydrogen) atoms. The number of carbonyl (C=O) groups excluding carboxylic acids is 1. The summed E-state index contributed by atoms with van der Waals surface area (Å²) in [6.45, 7) is 6.02. The Hall–Kier alpha value is -1.94. The number of nitrogens with one attached hydrogen (secondary N) is 1. The van der Waals surface area contributed by atoms with Crippen LogP contribution in [0.4, 0.5) is 11.6 Å². The fourth-order valence-electron chi connectivity index (χ4n) is 1.83. The summed E-state index contributed by atoms with van der Waals surface area (Å²) in [5, 5.41) is 3.72. The number of anilines is 2. The lowest BCUT2D eigenvalue weighted by atomic mass is 9.89. The standard InChI is InChI=1S/C15H16ClN3O/c1-15(2,3)13-10(9-20)8-17-14(19-13)18-12-6-4-5-11(16)7-12/h4-9H,1-3H3,(H,17,18,19). The maximum absolute atomic E-state index is 11.1. The van der Waals surface area contributed by atoms with Crippen LogP contribution >= 0.6 is 11.6 Å². The van der Waals surface area contributed by atoms with Gasteiger partial charge in [0.15, 0.2) is 6.29 Å². The van der Waals surface area contributed by atoms with Crippen molar-refractivity contribution in [1.29, 1.82) is 0 Å². The quantitative estimate of drug-likeness (QED) is 0.868. The van der Waals surface area contributed by atoms with E-state index in [2.05, 4.69) is 15.3 Å². The zero-order valence-electron chi connectivity index (χ0n) is 11.6. The lowest BCUT2D eigenvalue weighted by molar-refractivity contribution is 0.112. The Morgan fingerprint density at radius 2 is 2.05 bits per heavy atom. The number of aromatic nitrogens is 2. The van der Waals surface area contributed by atoms with Crippen LogP contribution in [0.15, 0.2) is 30.5 Å². The number of hydrogen-bond donors (Lipinski definition) is 1. The fourth-order valence-corrected chi connectivity index (χ4v) is 2.02. The van der Waals surface area contributed by atoms with Crippen molar-refractivity contribution in [2.75, 3.05) is 5.32 Å². The maximum atomic E-state index is 11.1. The molecule has 0 unspecified atom stereocenters. The van der Waals surface area contributed by atoms with Gasteiger partial charge in [-0.3, -0.25) is 4.79 Å². The van der Waals surface area contributed by atoms with Gasteiger partial charge in [-0.25, -0.2) is 9.97 Å². The van der Waals surface area contributed by atoms with E-state index in [0.29, 0.717) is 22.2 Å². The van der Waals surface area contributed by atoms with E-state index in [0.717, 1.165) is 12.0 Å². The van der Waals surface area contributed by atoms with Crippen LogP contribution in [0.1, 0.15) is 36.8 Å². The highest BCUT2D eigenvalue weighted by atomic mass is 35.5.